The van der Waals surface area contributed by atoms with Gasteiger partial charge in [-0.3, -0.25) is 4.79 Å². The molecule has 0 bridgehead atoms. The third kappa shape index (κ3) is 4.11. The number of nitrogens with one attached hydrogen (secondary N) is 1. The molecule has 1 aliphatic carbocycles. The molecule has 120 valence electrons. The Morgan fingerprint density at radius 3 is 2.57 bits per heavy atom. The van der Waals surface area contributed by atoms with E-state index in [0.717, 1.165) is 23.4 Å². The highest BCUT2D eigenvalue weighted by atomic mass is 35.5. The van der Waals surface area contributed by atoms with Gasteiger partial charge in [-0.1, -0.05) is 35.9 Å². The van der Waals surface area contributed by atoms with E-state index in [4.69, 9.17) is 11.6 Å². The van der Waals surface area contributed by atoms with Crippen LogP contribution in [0.5, 0.6) is 0 Å². The van der Waals surface area contributed by atoms with Crippen molar-refractivity contribution in [1.29, 1.82) is 0 Å². The first-order valence-electron chi connectivity index (χ1n) is 7.85. The van der Waals surface area contributed by atoms with Gasteiger partial charge in [0.05, 0.1) is 0 Å². The van der Waals surface area contributed by atoms with Gasteiger partial charge in [0, 0.05) is 23.4 Å². The molecule has 0 aliphatic heterocycles. The minimum atomic E-state index is -0.262. The molecule has 0 saturated heterocycles. The summed E-state index contributed by atoms with van der Waals surface area (Å²) in [6, 6.07) is 14.2. The van der Waals surface area contributed by atoms with E-state index in [1.165, 1.54) is 17.7 Å². The summed E-state index contributed by atoms with van der Waals surface area (Å²) in [6.07, 6.45) is 3.09. The molecule has 2 aromatic carbocycles. The molecule has 1 saturated carbocycles. The first-order valence-corrected chi connectivity index (χ1v) is 8.22. The maximum absolute atomic E-state index is 13.1. The molecular weight excluding hydrogens is 313 g/mol. The average Bonchev–Trinajstić information content (AvgIpc) is 3.33. The third-order valence-electron chi connectivity index (χ3n) is 4.46. The summed E-state index contributed by atoms with van der Waals surface area (Å²) in [7, 11) is 0. The van der Waals surface area contributed by atoms with E-state index in [1.54, 1.807) is 6.07 Å². The van der Waals surface area contributed by atoms with Crippen LogP contribution < -0.4 is 5.32 Å². The Bertz CT molecular complexity index is 695. The smallest absolute Gasteiger partial charge is 0.220 e. The van der Waals surface area contributed by atoms with E-state index in [2.05, 4.69) is 5.32 Å². The number of carbonyl (C=O) groups is 1. The third-order valence-corrected chi connectivity index (χ3v) is 4.72. The summed E-state index contributed by atoms with van der Waals surface area (Å²) < 4.78 is 13.1. The maximum Gasteiger partial charge on any atom is 0.220 e. The minimum absolute atomic E-state index is 0.00880. The second-order valence-electron chi connectivity index (χ2n) is 6.19. The van der Waals surface area contributed by atoms with Crippen LogP contribution in [0.15, 0.2) is 48.5 Å². The van der Waals surface area contributed by atoms with Crippen molar-refractivity contribution in [3.8, 4) is 0 Å². The highest BCUT2D eigenvalue weighted by Gasteiger charge is 2.44. The lowest BCUT2D eigenvalue weighted by Gasteiger charge is -2.16. The van der Waals surface area contributed by atoms with Gasteiger partial charge in [-0.15, -0.1) is 0 Å². The topological polar surface area (TPSA) is 29.1 Å². The molecule has 4 heteroatoms. The van der Waals surface area contributed by atoms with Gasteiger partial charge < -0.3 is 5.32 Å². The van der Waals surface area contributed by atoms with Gasteiger partial charge in [0.15, 0.2) is 0 Å². The summed E-state index contributed by atoms with van der Waals surface area (Å²) >= 11 is 5.92. The largest absolute Gasteiger partial charge is 0.355 e. The molecule has 0 heterocycles. The van der Waals surface area contributed by atoms with E-state index < -0.39 is 0 Å². The second kappa shape index (κ2) is 6.71. The number of hydrogen-bond donors (Lipinski definition) is 1. The predicted octanol–water partition coefficient (Wildman–Crippen LogP) is 4.26. The molecular formula is C19H19ClFNO. The van der Waals surface area contributed by atoms with Gasteiger partial charge >= 0.3 is 0 Å². The van der Waals surface area contributed by atoms with E-state index in [-0.39, 0.29) is 17.1 Å². The van der Waals surface area contributed by atoms with Crippen molar-refractivity contribution < 1.29 is 9.18 Å². The van der Waals surface area contributed by atoms with Gasteiger partial charge in [0.2, 0.25) is 5.91 Å². The maximum atomic E-state index is 13.1. The average molecular weight is 332 g/mol. The number of amides is 1. The summed E-state index contributed by atoms with van der Waals surface area (Å²) in [6.45, 7) is 0.649. The van der Waals surface area contributed by atoms with Crippen LogP contribution in [-0.2, 0) is 16.6 Å². The van der Waals surface area contributed by atoms with Crippen LogP contribution in [0.25, 0.3) is 0 Å². The van der Waals surface area contributed by atoms with Gasteiger partial charge in [-0.25, -0.2) is 4.39 Å². The molecule has 23 heavy (non-hydrogen) atoms. The molecule has 2 nitrogen and oxygen atoms in total. The molecule has 1 fully saturated rings. The molecule has 0 aromatic heterocycles. The zero-order valence-corrected chi connectivity index (χ0v) is 13.6. The summed E-state index contributed by atoms with van der Waals surface area (Å²) in [5.74, 6) is -0.253. The summed E-state index contributed by atoms with van der Waals surface area (Å²) in [4.78, 5) is 12.0. The Balaban J connectivity index is 1.50. The number of carbonyl (C=O) groups excluding carboxylic acids is 1. The van der Waals surface area contributed by atoms with Crippen molar-refractivity contribution in [1.82, 2.24) is 5.32 Å². The Labute approximate surface area is 140 Å². The number of hydrogen-bond acceptors (Lipinski definition) is 1. The fraction of sp³-hybridized carbons (Fsp3) is 0.316. The van der Waals surface area contributed by atoms with Crippen molar-refractivity contribution in [2.24, 2.45) is 0 Å². The van der Waals surface area contributed by atoms with Crippen LogP contribution in [0.1, 0.15) is 30.4 Å². The quantitative estimate of drug-likeness (QED) is 0.842. The highest BCUT2D eigenvalue weighted by Crippen LogP contribution is 2.47. The van der Waals surface area contributed by atoms with Crippen LogP contribution in [0, 0.1) is 5.82 Å². The number of aryl methyl sites for hydroxylation is 1. The summed E-state index contributed by atoms with van der Waals surface area (Å²) in [5.41, 5.74) is 2.14. The van der Waals surface area contributed by atoms with Crippen LogP contribution >= 0.6 is 11.6 Å². The van der Waals surface area contributed by atoms with E-state index >= 15 is 0 Å². The van der Waals surface area contributed by atoms with Gasteiger partial charge in [-0.05, 0) is 54.7 Å². The fourth-order valence-electron chi connectivity index (χ4n) is 2.83. The molecule has 0 radical (unpaired) electrons. The lowest BCUT2D eigenvalue weighted by Crippen LogP contribution is -2.32. The van der Waals surface area contributed by atoms with E-state index in [0.29, 0.717) is 19.4 Å². The van der Waals surface area contributed by atoms with Crippen LogP contribution in [0.4, 0.5) is 4.39 Å². The minimum Gasteiger partial charge on any atom is -0.355 e. The van der Waals surface area contributed by atoms with Crippen LogP contribution in [0.2, 0.25) is 5.02 Å². The molecule has 0 unspecified atom stereocenters. The first kappa shape index (κ1) is 16.0. The second-order valence-corrected chi connectivity index (χ2v) is 6.63. The van der Waals surface area contributed by atoms with Crippen molar-refractivity contribution in [2.75, 3.05) is 6.54 Å². The normalized spacial score (nSPS) is 15.2. The standard InChI is InChI=1S/C19H19ClFNO/c20-16-7-5-15(6-8-16)19(10-11-19)13-22-18(23)9-4-14-2-1-3-17(21)12-14/h1-3,5-8,12H,4,9-11,13H2,(H,22,23). The van der Waals surface area contributed by atoms with Crippen molar-refractivity contribution >= 4 is 17.5 Å². The van der Waals surface area contributed by atoms with Crippen LogP contribution in [0.3, 0.4) is 0 Å². The zero-order chi connectivity index (χ0) is 16.3. The van der Waals surface area contributed by atoms with Crippen molar-refractivity contribution in [2.45, 2.75) is 31.1 Å². The Morgan fingerprint density at radius 2 is 1.91 bits per heavy atom. The number of halogens is 2. The van der Waals surface area contributed by atoms with Gasteiger partial charge in [-0.2, -0.15) is 0 Å². The Kier molecular flexibility index (Phi) is 4.67. The molecule has 0 atom stereocenters. The molecule has 2 aromatic rings. The van der Waals surface area contributed by atoms with Crippen molar-refractivity contribution in [3.05, 3.63) is 70.5 Å². The SMILES string of the molecule is O=C(CCc1cccc(F)c1)NCC1(c2ccc(Cl)cc2)CC1. The monoisotopic (exact) mass is 331 g/mol. The molecule has 1 aliphatic rings. The predicted molar refractivity (Wildman–Crippen MR) is 90.1 cm³/mol. The lowest BCUT2D eigenvalue weighted by atomic mass is 9.96. The molecule has 1 amide bonds. The Morgan fingerprint density at radius 1 is 1.17 bits per heavy atom. The van der Waals surface area contributed by atoms with Gasteiger partial charge in [0.1, 0.15) is 5.82 Å². The highest BCUT2D eigenvalue weighted by molar-refractivity contribution is 6.30. The lowest BCUT2D eigenvalue weighted by molar-refractivity contribution is -0.121. The first-order chi connectivity index (χ1) is 11.1. The number of rotatable bonds is 6. The molecule has 3 rings (SSSR count). The zero-order valence-electron chi connectivity index (χ0n) is 12.8. The van der Waals surface area contributed by atoms with E-state index in [9.17, 15) is 9.18 Å². The van der Waals surface area contributed by atoms with Crippen molar-refractivity contribution in [3.63, 3.8) is 0 Å². The molecule has 1 N–H and O–H groups in total. The molecule has 0 spiro atoms. The van der Waals surface area contributed by atoms with E-state index in [1.807, 2.05) is 30.3 Å². The Hall–Kier alpha value is -1.87. The van der Waals surface area contributed by atoms with Crippen LogP contribution in [-0.4, -0.2) is 12.5 Å². The fourth-order valence-corrected chi connectivity index (χ4v) is 2.95. The number of benzene rings is 2. The summed E-state index contributed by atoms with van der Waals surface area (Å²) in [5, 5.41) is 3.74. The van der Waals surface area contributed by atoms with Gasteiger partial charge in [0.25, 0.3) is 0 Å².